The van der Waals surface area contributed by atoms with Crippen molar-refractivity contribution >= 4 is 23.0 Å². The Kier molecular flexibility index (Phi) is 4.53. The molecule has 0 N–H and O–H groups in total. The lowest BCUT2D eigenvalue weighted by atomic mass is 9.93. The van der Waals surface area contributed by atoms with Crippen LogP contribution in [0.1, 0.15) is 39.5 Å². The topological polar surface area (TPSA) is 46.4 Å². The quantitative estimate of drug-likeness (QED) is 0.589. The van der Waals surface area contributed by atoms with E-state index in [9.17, 15) is 10.1 Å². The molecule has 2 aliphatic rings. The molecule has 2 fully saturated rings. The number of nitrogens with zero attached hydrogens (tertiary/aromatic N) is 2. The van der Waals surface area contributed by atoms with Gasteiger partial charge in [-0.15, -0.1) is 0 Å². The molecule has 1 saturated carbocycles. The summed E-state index contributed by atoms with van der Waals surface area (Å²) in [6, 6.07) is 4.89. The Balaban J connectivity index is 0.000000704. The van der Waals surface area contributed by atoms with E-state index in [1.807, 2.05) is 13.8 Å². The number of nitro benzene ring substituents is 1. The van der Waals surface area contributed by atoms with E-state index in [2.05, 4.69) is 4.90 Å². The van der Waals surface area contributed by atoms with Crippen molar-refractivity contribution in [2.24, 2.45) is 5.41 Å². The Bertz CT molecular complexity index is 491. The molecule has 1 aliphatic carbocycles. The van der Waals surface area contributed by atoms with Gasteiger partial charge in [0, 0.05) is 19.2 Å². The third-order valence-electron chi connectivity index (χ3n) is 4.26. The highest BCUT2D eigenvalue weighted by Gasteiger charge is 2.45. The molecule has 0 unspecified atom stereocenters. The van der Waals surface area contributed by atoms with Gasteiger partial charge in [-0.2, -0.15) is 0 Å². The van der Waals surface area contributed by atoms with Gasteiger partial charge < -0.3 is 4.90 Å². The summed E-state index contributed by atoms with van der Waals surface area (Å²) in [7, 11) is 0. The highest BCUT2D eigenvalue weighted by atomic mass is 35.5. The molecule has 0 amide bonds. The number of para-hydroxylation sites is 1. The molecule has 4 nitrogen and oxygen atoms in total. The van der Waals surface area contributed by atoms with Gasteiger partial charge in [0.25, 0.3) is 5.69 Å². The highest BCUT2D eigenvalue weighted by Crippen LogP contribution is 2.54. The molecule has 0 aromatic heterocycles. The second-order valence-electron chi connectivity index (χ2n) is 5.35. The molecule has 1 aromatic rings. The van der Waals surface area contributed by atoms with Gasteiger partial charge in [-0.05, 0) is 37.2 Å². The molecule has 1 aliphatic heterocycles. The lowest BCUT2D eigenvalue weighted by Gasteiger charge is -2.33. The first-order valence-electron chi connectivity index (χ1n) is 7.29. The van der Waals surface area contributed by atoms with E-state index < -0.39 is 0 Å². The lowest BCUT2D eigenvalue weighted by molar-refractivity contribution is -0.384. The van der Waals surface area contributed by atoms with E-state index in [1.165, 1.54) is 18.9 Å². The first-order chi connectivity index (χ1) is 9.61. The fourth-order valence-electron chi connectivity index (χ4n) is 2.85. The first kappa shape index (κ1) is 15.1. The second kappa shape index (κ2) is 6.00. The molecular weight excluding hydrogens is 276 g/mol. The number of halogens is 1. The van der Waals surface area contributed by atoms with E-state index in [-0.39, 0.29) is 10.6 Å². The summed E-state index contributed by atoms with van der Waals surface area (Å²) >= 11 is 6.15. The van der Waals surface area contributed by atoms with Gasteiger partial charge in [-0.25, -0.2) is 0 Å². The number of rotatable bonds is 2. The van der Waals surface area contributed by atoms with Crippen molar-refractivity contribution < 1.29 is 4.92 Å². The van der Waals surface area contributed by atoms with Crippen LogP contribution in [0.3, 0.4) is 0 Å². The summed E-state index contributed by atoms with van der Waals surface area (Å²) in [6.07, 6.45) is 4.92. The molecule has 5 heteroatoms. The number of anilines is 1. The van der Waals surface area contributed by atoms with Gasteiger partial charge in [-0.1, -0.05) is 31.5 Å². The predicted octanol–water partition coefficient (Wildman–Crippen LogP) is 4.65. The average Bonchev–Trinajstić information content (AvgIpc) is 3.21. The molecule has 110 valence electrons. The summed E-state index contributed by atoms with van der Waals surface area (Å²) in [5.74, 6) is 0. The monoisotopic (exact) mass is 296 g/mol. The molecule has 3 rings (SSSR count). The molecule has 1 heterocycles. The van der Waals surface area contributed by atoms with Crippen LogP contribution in [0, 0.1) is 15.5 Å². The Morgan fingerprint density at radius 2 is 1.80 bits per heavy atom. The van der Waals surface area contributed by atoms with E-state index in [0.717, 1.165) is 25.9 Å². The number of benzene rings is 1. The van der Waals surface area contributed by atoms with Crippen LogP contribution in [0.2, 0.25) is 5.02 Å². The number of nitro groups is 1. The number of hydrogen-bond donors (Lipinski definition) is 0. The van der Waals surface area contributed by atoms with Crippen LogP contribution in [-0.4, -0.2) is 18.0 Å². The molecular formula is C15H21ClN2O2. The summed E-state index contributed by atoms with van der Waals surface area (Å²) in [6.45, 7) is 5.76. The van der Waals surface area contributed by atoms with Crippen molar-refractivity contribution in [3.05, 3.63) is 33.3 Å². The Hall–Kier alpha value is -1.29. The molecule has 1 spiro atoms. The zero-order chi connectivity index (χ0) is 14.8. The average molecular weight is 297 g/mol. The highest BCUT2D eigenvalue weighted by molar-refractivity contribution is 6.33. The second-order valence-corrected chi connectivity index (χ2v) is 5.76. The van der Waals surface area contributed by atoms with Crippen molar-refractivity contribution in [2.45, 2.75) is 39.5 Å². The molecule has 20 heavy (non-hydrogen) atoms. The minimum atomic E-state index is -0.345. The molecule has 1 saturated heterocycles. The van der Waals surface area contributed by atoms with Gasteiger partial charge in [0.1, 0.15) is 5.69 Å². The van der Waals surface area contributed by atoms with Crippen LogP contribution in [0.4, 0.5) is 11.4 Å². The van der Waals surface area contributed by atoms with Crippen LogP contribution in [0.25, 0.3) is 0 Å². The van der Waals surface area contributed by atoms with E-state index in [4.69, 9.17) is 11.6 Å². The van der Waals surface area contributed by atoms with Crippen LogP contribution in [-0.2, 0) is 0 Å². The van der Waals surface area contributed by atoms with Crippen molar-refractivity contribution in [3.8, 4) is 0 Å². The van der Waals surface area contributed by atoms with Crippen LogP contribution < -0.4 is 4.90 Å². The van der Waals surface area contributed by atoms with Crippen molar-refractivity contribution in [2.75, 3.05) is 18.0 Å². The number of piperidine rings is 1. The van der Waals surface area contributed by atoms with Gasteiger partial charge in [0.05, 0.1) is 9.95 Å². The zero-order valence-corrected chi connectivity index (χ0v) is 12.8. The van der Waals surface area contributed by atoms with Gasteiger partial charge in [-0.3, -0.25) is 10.1 Å². The van der Waals surface area contributed by atoms with Gasteiger partial charge >= 0.3 is 0 Å². The summed E-state index contributed by atoms with van der Waals surface area (Å²) in [4.78, 5) is 12.8. The van der Waals surface area contributed by atoms with Gasteiger partial charge in [0.2, 0.25) is 0 Å². The standard InChI is InChI=1S/C13H15ClN2O2.C2H6/c14-10-2-1-3-11(16(17)18)12(10)15-8-6-13(4-5-13)7-9-15;1-2/h1-3H,4-9H2;1-2H3. The zero-order valence-electron chi connectivity index (χ0n) is 12.1. The summed E-state index contributed by atoms with van der Waals surface area (Å²) < 4.78 is 0. The van der Waals surface area contributed by atoms with E-state index in [1.54, 1.807) is 12.1 Å². The van der Waals surface area contributed by atoms with Crippen LogP contribution >= 0.6 is 11.6 Å². The third kappa shape index (κ3) is 2.90. The molecule has 0 radical (unpaired) electrons. The van der Waals surface area contributed by atoms with E-state index >= 15 is 0 Å². The van der Waals surface area contributed by atoms with E-state index in [0.29, 0.717) is 16.1 Å². The van der Waals surface area contributed by atoms with Crippen LogP contribution in [0.15, 0.2) is 18.2 Å². The molecule has 1 aromatic carbocycles. The minimum Gasteiger partial charge on any atom is -0.365 e. The van der Waals surface area contributed by atoms with Crippen LogP contribution in [0.5, 0.6) is 0 Å². The maximum Gasteiger partial charge on any atom is 0.294 e. The lowest BCUT2D eigenvalue weighted by Crippen LogP contribution is -2.35. The Morgan fingerprint density at radius 1 is 1.20 bits per heavy atom. The fourth-order valence-corrected chi connectivity index (χ4v) is 3.13. The normalized spacial score (nSPS) is 19.2. The van der Waals surface area contributed by atoms with Gasteiger partial charge in [0.15, 0.2) is 0 Å². The van der Waals surface area contributed by atoms with Crippen molar-refractivity contribution in [3.63, 3.8) is 0 Å². The maximum atomic E-state index is 11.1. The third-order valence-corrected chi connectivity index (χ3v) is 4.56. The maximum absolute atomic E-state index is 11.1. The Labute approximate surface area is 124 Å². The largest absolute Gasteiger partial charge is 0.365 e. The molecule has 0 bridgehead atoms. The summed E-state index contributed by atoms with van der Waals surface area (Å²) in [5, 5.41) is 11.6. The predicted molar refractivity (Wildman–Crippen MR) is 82.6 cm³/mol. The first-order valence-corrected chi connectivity index (χ1v) is 7.67. The number of hydrogen-bond acceptors (Lipinski definition) is 3. The SMILES string of the molecule is CC.O=[N+]([O-])c1cccc(Cl)c1N1CCC2(CC1)CC2. The van der Waals surface area contributed by atoms with Crippen molar-refractivity contribution in [1.82, 2.24) is 0 Å². The fraction of sp³-hybridized carbons (Fsp3) is 0.600. The van der Waals surface area contributed by atoms with Crippen molar-refractivity contribution in [1.29, 1.82) is 0 Å². The minimum absolute atomic E-state index is 0.120. The molecule has 0 atom stereocenters. The Morgan fingerprint density at radius 3 is 2.30 bits per heavy atom. The smallest absolute Gasteiger partial charge is 0.294 e. The summed E-state index contributed by atoms with van der Waals surface area (Å²) in [5.41, 5.74) is 1.28.